The van der Waals surface area contributed by atoms with Crippen LogP contribution in [-0.4, -0.2) is 24.4 Å². The summed E-state index contributed by atoms with van der Waals surface area (Å²) in [6.07, 6.45) is 6.93. The van der Waals surface area contributed by atoms with Gasteiger partial charge in [0.15, 0.2) is 0 Å². The lowest BCUT2D eigenvalue weighted by molar-refractivity contribution is 0.557. The van der Waals surface area contributed by atoms with E-state index < -0.39 is 10.2 Å². The average molecular weight is 242 g/mol. The highest BCUT2D eigenvalue weighted by Crippen LogP contribution is 2.18. The maximum Gasteiger partial charge on any atom is 0.301 e. The van der Waals surface area contributed by atoms with E-state index in [1.165, 1.54) is 12.4 Å². The second-order valence-electron chi connectivity index (χ2n) is 3.78. The summed E-state index contributed by atoms with van der Waals surface area (Å²) in [6, 6.07) is 1.67. The van der Waals surface area contributed by atoms with Crippen LogP contribution in [0.1, 0.15) is 25.7 Å². The van der Waals surface area contributed by atoms with Crippen LogP contribution in [0.4, 0.5) is 5.95 Å². The molecule has 0 atom stereocenters. The first kappa shape index (κ1) is 11.3. The van der Waals surface area contributed by atoms with Crippen molar-refractivity contribution in [1.29, 1.82) is 0 Å². The molecule has 1 fully saturated rings. The summed E-state index contributed by atoms with van der Waals surface area (Å²) in [6.45, 7) is 0. The standard InChI is InChI=1S/C9H14N4O2S/c14-16(15,12-8-4-1-2-5-8)13-9-10-6-3-7-11-9/h3,6-8,12H,1-2,4-5H2,(H,10,11,13). The van der Waals surface area contributed by atoms with Crippen molar-refractivity contribution >= 4 is 16.2 Å². The fraction of sp³-hybridized carbons (Fsp3) is 0.556. The molecule has 88 valence electrons. The first-order valence-corrected chi connectivity index (χ1v) is 6.71. The minimum atomic E-state index is -3.54. The van der Waals surface area contributed by atoms with Gasteiger partial charge in [-0.2, -0.15) is 13.1 Å². The molecule has 2 rings (SSSR count). The van der Waals surface area contributed by atoms with Gasteiger partial charge in [0.2, 0.25) is 5.95 Å². The maximum atomic E-state index is 11.7. The number of rotatable bonds is 4. The smallest absolute Gasteiger partial charge is 0.238 e. The van der Waals surface area contributed by atoms with E-state index in [2.05, 4.69) is 19.4 Å². The van der Waals surface area contributed by atoms with Gasteiger partial charge in [-0.05, 0) is 18.9 Å². The first-order chi connectivity index (χ1) is 7.66. The van der Waals surface area contributed by atoms with Gasteiger partial charge in [-0.3, -0.25) is 0 Å². The second kappa shape index (κ2) is 4.75. The lowest BCUT2D eigenvalue weighted by Crippen LogP contribution is -2.37. The minimum absolute atomic E-state index is 0.0428. The Labute approximate surface area is 94.7 Å². The van der Waals surface area contributed by atoms with Crippen molar-refractivity contribution in [3.05, 3.63) is 18.5 Å². The summed E-state index contributed by atoms with van der Waals surface area (Å²) in [5.74, 6) is 0.0907. The van der Waals surface area contributed by atoms with Crippen LogP contribution < -0.4 is 9.44 Å². The van der Waals surface area contributed by atoms with E-state index in [4.69, 9.17) is 0 Å². The summed E-state index contributed by atoms with van der Waals surface area (Å²) >= 11 is 0. The third-order valence-corrected chi connectivity index (χ3v) is 3.56. The number of anilines is 1. The Kier molecular flexibility index (Phi) is 3.35. The molecule has 0 radical (unpaired) electrons. The maximum absolute atomic E-state index is 11.7. The number of aromatic nitrogens is 2. The van der Waals surface area contributed by atoms with Crippen LogP contribution in [0.2, 0.25) is 0 Å². The Balaban J connectivity index is 1.97. The Bertz CT molecular complexity index is 428. The molecule has 7 heteroatoms. The molecule has 16 heavy (non-hydrogen) atoms. The SMILES string of the molecule is O=S(=O)(Nc1ncccn1)NC1CCCC1. The molecule has 0 amide bonds. The van der Waals surface area contributed by atoms with Gasteiger partial charge in [0.1, 0.15) is 0 Å². The number of hydrogen-bond donors (Lipinski definition) is 2. The molecule has 1 aliphatic carbocycles. The molecule has 6 nitrogen and oxygen atoms in total. The fourth-order valence-electron chi connectivity index (χ4n) is 1.76. The lowest BCUT2D eigenvalue weighted by atomic mass is 10.3. The Morgan fingerprint density at radius 2 is 1.81 bits per heavy atom. The third-order valence-electron chi connectivity index (χ3n) is 2.47. The summed E-state index contributed by atoms with van der Waals surface area (Å²) in [7, 11) is -3.54. The van der Waals surface area contributed by atoms with E-state index in [0.29, 0.717) is 0 Å². The van der Waals surface area contributed by atoms with Crippen molar-refractivity contribution in [2.24, 2.45) is 0 Å². The van der Waals surface area contributed by atoms with Crippen molar-refractivity contribution in [2.45, 2.75) is 31.7 Å². The van der Waals surface area contributed by atoms with Crippen LogP contribution in [0.3, 0.4) is 0 Å². The zero-order valence-electron chi connectivity index (χ0n) is 8.76. The summed E-state index contributed by atoms with van der Waals surface area (Å²) in [5.41, 5.74) is 0. The quantitative estimate of drug-likeness (QED) is 0.812. The summed E-state index contributed by atoms with van der Waals surface area (Å²) in [4.78, 5) is 7.59. The van der Waals surface area contributed by atoms with Gasteiger partial charge in [-0.25, -0.2) is 14.7 Å². The molecule has 0 saturated heterocycles. The first-order valence-electron chi connectivity index (χ1n) is 5.23. The van der Waals surface area contributed by atoms with Crippen molar-refractivity contribution in [3.63, 3.8) is 0 Å². The molecule has 0 aliphatic heterocycles. The molecular formula is C9H14N4O2S. The third kappa shape index (κ3) is 3.14. The summed E-state index contributed by atoms with van der Waals surface area (Å²) in [5, 5.41) is 0. The molecule has 0 bridgehead atoms. The second-order valence-corrected chi connectivity index (χ2v) is 5.22. The predicted molar refractivity (Wildman–Crippen MR) is 60.0 cm³/mol. The minimum Gasteiger partial charge on any atom is -0.238 e. The Morgan fingerprint density at radius 3 is 2.44 bits per heavy atom. The van der Waals surface area contributed by atoms with Crippen molar-refractivity contribution in [3.8, 4) is 0 Å². The predicted octanol–water partition coefficient (Wildman–Crippen LogP) is 0.665. The highest BCUT2D eigenvalue weighted by atomic mass is 32.2. The van der Waals surface area contributed by atoms with E-state index in [1.807, 2.05) is 0 Å². The van der Waals surface area contributed by atoms with Gasteiger partial charge in [0.05, 0.1) is 0 Å². The van der Waals surface area contributed by atoms with Crippen molar-refractivity contribution in [1.82, 2.24) is 14.7 Å². The van der Waals surface area contributed by atoms with Crippen LogP contribution in [-0.2, 0) is 10.2 Å². The van der Waals surface area contributed by atoms with Gasteiger partial charge >= 0.3 is 10.2 Å². The molecule has 0 unspecified atom stereocenters. The van der Waals surface area contributed by atoms with E-state index in [1.54, 1.807) is 6.07 Å². The molecule has 0 spiro atoms. The molecule has 2 N–H and O–H groups in total. The van der Waals surface area contributed by atoms with Gasteiger partial charge in [-0.1, -0.05) is 12.8 Å². The van der Waals surface area contributed by atoms with E-state index in [9.17, 15) is 8.42 Å². The monoisotopic (exact) mass is 242 g/mol. The van der Waals surface area contributed by atoms with E-state index in [-0.39, 0.29) is 12.0 Å². The lowest BCUT2D eigenvalue weighted by Gasteiger charge is -2.12. The van der Waals surface area contributed by atoms with Crippen LogP contribution in [0.5, 0.6) is 0 Å². The van der Waals surface area contributed by atoms with E-state index in [0.717, 1.165) is 25.7 Å². The van der Waals surface area contributed by atoms with Gasteiger partial charge in [0.25, 0.3) is 0 Å². The number of hydrogen-bond acceptors (Lipinski definition) is 4. The molecule has 1 aromatic heterocycles. The topological polar surface area (TPSA) is 84.0 Å². The Hall–Kier alpha value is -1.21. The van der Waals surface area contributed by atoms with Crippen LogP contribution >= 0.6 is 0 Å². The van der Waals surface area contributed by atoms with Gasteiger partial charge in [-0.15, -0.1) is 0 Å². The molecular weight excluding hydrogens is 228 g/mol. The van der Waals surface area contributed by atoms with Gasteiger partial charge in [0, 0.05) is 18.4 Å². The molecule has 1 saturated carbocycles. The van der Waals surface area contributed by atoms with Crippen LogP contribution in [0, 0.1) is 0 Å². The van der Waals surface area contributed by atoms with Crippen molar-refractivity contribution < 1.29 is 8.42 Å². The highest BCUT2D eigenvalue weighted by molar-refractivity contribution is 7.90. The summed E-state index contributed by atoms with van der Waals surface area (Å²) < 4.78 is 28.2. The number of nitrogens with zero attached hydrogens (tertiary/aromatic N) is 2. The Morgan fingerprint density at radius 1 is 1.19 bits per heavy atom. The number of nitrogens with one attached hydrogen (secondary N) is 2. The van der Waals surface area contributed by atoms with Crippen LogP contribution in [0.25, 0.3) is 0 Å². The van der Waals surface area contributed by atoms with Gasteiger partial charge < -0.3 is 0 Å². The molecule has 1 heterocycles. The zero-order valence-corrected chi connectivity index (χ0v) is 9.57. The van der Waals surface area contributed by atoms with Crippen LogP contribution in [0.15, 0.2) is 18.5 Å². The molecule has 0 aromatic carbocycles. The molecule has 1 aliphatic rings. The molecule has 1 aromatic rings. The average Bonchev–Trinajstić information content (AvgIpc) is 2.70. The van der Waals surface area contributed by atoms with E-state index >= 15 is 0 Å². The fourth-order valence-corrected chi connectivity index (χ4v) is 2.84. The zero-order chi connectivity index (χ0) is 11.4. The van der Waals surface area contributed by atoms with Crippen molar-refractivity contribution in [2.75, 3.05) is 4.72 Å². The normalized spacial score (nSPS) is 17.5. The largest absolute Gasteiger partial charge is 0.301 e. The highest BCUT2D eigenvalue weighted by Gasteiger charge is 2.21.